The van der Waals surface area contributed by atoms with Crippen molar-refractivity contribution < 1.29 is 29.0 Å². The third-order valence-corrected chi connectivity index (χ3v) is 8.44. The van der Waals surface area contributed by atoms with Crippen LogP contribution in [0.5, 0.6) is 0 Å². The first-order valence-electron chi connectivity index (χ1n) is 13.2. The number of methoxy groups -OCH3 is 1. The lowest BCUT2D eigenvalue weighted by molar-refractivity contribution is -0.153. The third kappa shape index (κ3) is 5.15. The summed E-state index contributed by atoms with van der Waals surface area (Å²) < 4.78 is 6.38. The van der Waals surface area contributed by atoms with Gasteiger partial charge in [-0.15, -0.1) is 0 Å². The molecule has 3 atom stereocenters. The second-order valence-electron chi connectivity index (χ2n) is 11.7. The molecule has 208 valence electrons. The van der Waals surface area contributed by atoms with E-state index in [2.05, 4.69) is 29.0 Å². The number of rotatable bonds is 8. The molecule has 39 heavy (non-hydrogen) atoms. The monoisotopic (exact) mass is 537 g/mol. The molecule has 1 aromatic carbocycles. The van der Waals surface area contributed by atoms with Crippen LogP contribution in [0, 0.1) is 22.7 Å². The van der Waals surface area contributed by atoms with Crippen LogP contribution in [0.3, 0.4) is 0 Å². The molecule has 2 N–H and O–H groups in total. The summed E-state index contributed by atoms with van der Waals surface area (Å²) in [7, 11) is 1.18. The van der Waals surface area contributed by atoms with Gasteiger partial charge in [0.15, 0.2) is 6.04 Å². The number of nitrogens with zero attached hydrogens (tertiary/aromatic N) is 4. The maximum Gasteiger partial charge on any atom is 0.330 e. The maximum absolute atomic E-state index is 13.5. The fourth-order valence-corrected chi connectivity index (χ4v) is 5.89. The van der Waals surface area contributed by atoms with Gasteiger partial charge >= 0.3 is 5.97 Å². The zero-order valence-electron chi connectivity index (χ0n) is 22.5. The predicted octanol–water partition coefficient (Wildman–Crippen LogP) is 0.528. The SMILES string of the molecule is COC(=O)[C@@H](CO)NC(=O)[C@@H]1CN(C(=O)c2cnn(Cc3ccccc3)c2)CC12CN(C(=O)[C@H]1CC1(C)C)C2. The molecule has 0 bridgehead atoms. The van der Waals surface area contributed by atoms with Crippen molar-refractivity contribution in [1.82, 2.24) is 24.9 Å². The van der Waals surface area contributed by atoms with Crippen molar-refractivity contribution in [2.24, 2.45) is 22.7 Å². The first kappa shape index (κ1) is 26.9. The molecule has 2 aromatic rings. The summed E-state index contributed by atoms with van der Waals surface area (Å²) in [6.07, 6.45) is 4.06. The maximum atomic E-state index is 13.5. The standard InChI is InChI=1S/C28H35N5O6/c1-27(2)9-20(27)25(37)32-16-28(17-32)15-31(13-21(28)23(35)30-22(14-34)26(38)39-3)24(36)19-10-29-33(12-19)11-18-7-5-4-6-8-18/h4-8,10,12,20-22,34H,9,11,13-17H2,1-3H3,(H,30,35)/t20-,21+,22-/m1/s1. The first-order chi connectivity index (χ1) is 18.6. The van der Waals surface area contributed by atoms with Crippen LogP contribution in [0.25, 0.3) is 0 Å². The molecule has 3 heterocycles. The van der Waals surface area contributed by atoms with E-state index in [1.54, 1.807) is 20.7 Å². The Hall–Kier alpha value is -3.73. The summed E-state index contributed by atoms with van der Waals surface area (Å²) in [5.74, 6) is -2.04. The summed E-state index contributed by atoms with van der Waals surface area (Å²) in [6.45, 7) is 5.19. The van der Waals surface area contributed by atoms with Crippen LogP contribution in [0.4, 0.5) is 0 Å². The molecule has 1 aliphatic carbocycles. The summed E-state index contributed by atoms with van der Waals surface area (Å²) in [5, 5.41) is 16.5. The Morgan fingerprint density at radius 2 is 1.77 bits per heavy atom. The molecule has 0 radical (unpaired) electrons. The van der Waals surface area contributed by atoms with Crippen LogP contribution in [-0.2, 0) is 25.7 Å². The van der Waals surface area contributed by atoms with Crippen molar-refractivity contribution in [2.45, 2.75) is 32.9 Å². The van der Waals surface area contributed by atoms with Crippen LogP contribution in [-0.4, -0.2) is 94.3 Å². The van der Waals surface area contributed by atoms with Gasteiger partial charge in [-0.05, 0) is 17.4 Å². The second-order valence-corrected chi connectivity index (χ2v) is 11.7. The molecule has 1 aromatic heterocycles. The Morgan fingerprint density at radius 1 is 1.10 bits per heavy atom. The smallest absolute Gasteiger partial charge is 0.330 e. The Balaban J connectivity index is 1.31. The molecule has 2 saturated heterocycles. The van der Waals surface area contributed by atoms with Crippen molar-refractivity contribution in [1.29, 1.82) is 0 Å². The molecule has 3 fully saturated rings. The highest BCUT2D eigenvalue weighted by molar-refractivity contribution is 5.95. The number of likely N-dealkylation sites (tertiary alicyclic amines) is 2. The number of aliphatic hydroxyl groups is 1. The van der Waals surface area contributed by atoms with Gasteiger partial charge in [-0.1, -0.05) is 44.2 Å². The fraction of sp³-hybridized carbons (Fsp3) is 0.536. The number of hydrogen-bond donors (Lipinski definition) is 2. The molecule has 0 unspecified atom stereocenters. The Kier molecular flexibility index (Phi) is 6.96. The summed E-state index contributed by atoms with van der Waals surface area (Å²) in [5.41, 5.74) is 0.823. The van der Waals surface area contributed by atoms with E-state index in [0.717, 1.165) is 12.0 Å². The van der Waals surface area contributed by atoms with Gasteiger partial charge in [0.05, 0.1) is 37.9 Å². The highest BCUT2D eigenvalue weighted by Gasteiger charge is 2.62. The lowest BCUT2D eigenvalue weighted by atomic mass is 9.70. The van der Waals surface area contributed by atoms with Crippen molar-refractivity contribution in [3.63, 3.8) is 0 Å². The first-order valence-corrected chi connectivity index (χ1v) is 13.2. The van der Waals surface area contributed by atoms with E-state index < -0.39 is 35.9 Å². The van der Waals surface area contributed by atoms with Gasteiger partial charge in [0.1, 0.15) is 0 Å². The zero-order valence-corrected chi connectivity index (χ0v) is 22.5. The molecule has 2 aliphatic heterocycles. The Labute approximate surface area is 227 Å². The van der Waals surface area contributed by atoms with E-state index in [0.29, 0.717) is 31.7 Å². The van der Waals surface area contributed by atoms with E-state index in [1.165, 1.54) is 13.3 Å². The minimum atomic E-state index is -1.20. The van der Waals surface area contributed by atoms with Gasteiger partial charge in [0.25, 0.3) is 5.91 Å². The van der Waals surface area contributed by atoms with Gasteiger partial charge in [-0.25, -0.2) is 4.79 Å². The Morgan fingerprint density at radius 3 is 2.38 bits per heavy atom. The lowest BCUT2D eigenvalue weighted by Crippen LogP contribution is -2.65. The summed E-state index contributed by atoms with van der Waals surface area (Å²) >= 11 is 0. The van der Waals surface area contributed by atoms with Gasteiger partial charge in [0.2, 0.25) is 11.8 Å². The molecular formula is C28H35N5O6. The van der Waals surface area contributed by atoms with Crippen molar-refractivity contribution in [3.8, 4) is 0 Å². The van der Waals surface area contributed by atoms with E-state index >= 15 is 0 Å². The molecule has 3 amide bonds. The Bertz CT molecular complexity index is 1270. The van der Waals surface area contributed by atoms with E-state index in [-0.39, 0.29) is 29.7 Å². The van der Waals surface area contributed by atoms with Crippen molar-refractivity contribution in [2.75, 3.05) is 39.9 Å². The number of aromatic nitrogens is 2. The number of carbonyl (C=O) groups excluding carboxylic acids is 4. The fourth-order valence-electron chi connectivity index (χ4n) is 5.89. The molecule has 1 spiro atoms. The normalized spacial score (nSPS) is 23.2. The van der Waals surface area contributed by atoms with Crippen LogP contribution >= 0.6 is 0 Å². The van der Waals surface area contributed by atoms with Crippen molar-refractivity contribution in [3.05, 3.63) is 53.9 Å². The quantitative estimate of drug-likeness (QED) is 0.469. The number of aliphatic hydroxyl groups excluding tert-OH is 1. The zero-order chi connectivity index (χ0) is 27.9. The number of ether oxygens (including phenoxy) is 1. The number of hydrogen-bond acceptors (Lipinski definition) is 7. The summed E-state index contributed by atoms with van der Waals surface area (Å²) in [6, 6.07) is 8.58. The second kappa shape index (κ2) is 10.1. The number of amides is 3. The van der Waals surface area contributed by atoms with Gasteiger partial charge in [-0.3, -0.25) is 19.1 Å². The topological polar surface area (TPSA) is 134 Å². The van der Waals surface area contributed by atoms with Crippen LogP contribution in [0.2, 0.25) is 0 Å². The average molecular weight is 538 g/mol. The number of nitrogens with one attached hydrogen (secondary N) is 1. The van der Waals surface area contributed by atoms with Crippen LogP contribution in [0.1, 0.15) is 36.2 Å². The predicted molar refractivity (Wildman–Crippen MR) is 139 cm³/mol. The minimum absolute atomic E-state index is 0.0109. The average Bonchev–Trinajstić information content (AvgIpc) is 3.24. The molecular weight excluding hydrogens is 502 g/mol. The van der Waals surface area contributed by atoms with Crippen LogP contribution < -0.4 is 5.32 Å². The largest absolute Gasteiger partial charge is 0.467 e. The van der Waals surface area contributed by atoms with E-state index in [1.807, 2.05) is 30.3 Å². The molecule has 5 rings (SSSR count). The molecule has 11 heteroatoms. The number of esters is 1. The minimum Gasteiger partial charge on any atom is -0.467 e. The van der Waals surface area contributed by atoms with Crippen LogP contribution in [0.15, 0.2) is 42.7 Å². The van der Waals surface area contributed by atoms with Gasteiger partial charge in [0, 0.05) is 43.7 Å². The molecule has 1 saturated carbocycles. The highest BCUT2D eigenvalue weighted by atomic mass is 16.5. The molecule has 3 aliphatic rings. The number of carbonyl (C=O) groups is 4. The highest BCUT2D eigenvalue weighted by Crippen LogP contribution is 2.54. The number of benzene rings is 1. The van der Waals surface area contributed by atoms with E-state index in [4.69, 9.17) is 0 Å². The summed E-state index contributed by atoms with van der Waals surface area (Å²) in [4.78, 5) is 55.3. The van der Waals surface area contributed by atoms with E-state index in [9.17, 15) is 24.3 Å². The lowest BCUT2D eigenvalue weighted by Gasteiger charge is -2.50. The van der Waals surface area contributed by atoms with Gasteiger partial charge < -0.3 is 25.0 Å². The van der Waals surface area contributed by atoms with Crippen molar-refractivity contribution >= 4 is 23.7 Å². The van der Waals surface area contributed by atoms with Gasteiger partial charge in [-0.2, -0.15) is 5.10 Å². The third-order valence-electron chi connectivity index (χ3n) is 8.44. The molecule has 11 nitrogen and oxygen atoms in total.